The Kier molecular flexibility index (Phi) is 4.44. The minimum absolute atomic E-state index is 0.0546. The number of thioether (sulfide) groups is 2. The molecule has 0 saturated carbocycles. The number of nitrogens with two attached hydrogens (primary N) is 1. The van der Waals surface area contributed by atoms with E-state index in [1.54, 1.807) is 6.92 Å². The van der Waals surface area contributed by atoms with Gasteiger partial charge in [0.25, 0.3) is 0 Å². The van der Waals surface area contributed by atoms with Gasteiger partial charge in [-0.1, -0.05) is 11.8 Å². The van der Waals surface area contributed by atoms with Crippen LogP contribution in [-0.2, 0) is 9.59 Å². The zero-order valence-electron chi connectivity index (χ0n) is 10.4. The maximum atomic E-state index is 11.9. The summed E-state index contributed by atoms with van der Waals surface area (Å²) in [5.74, 6) is -1.18. The van der Waals surface area contributed by atoms with Crippen LogP contribution in [0, 0.1) is 5.92 Å². The molecule has 0 radical (unpaired) electrons. The van der Waals surface area contributed by atoms with E-state index >= 15 is 0 Å². The predicted molar refractivity (Wildman–Crippen MR) is 74.2 cm³/mol. The predicted octanol–water partition coefficient (Wildman–Crippen LogP) is 0.234. The average molecular weight is 304 g/mol. The van der Waals surface area contributed by atoms with Gasteiger partial charge in [0.15, 0.2) is 5.70 Å². The van der Waals surface area contributed by atoms with E-state index in [0.717, 1.165) is 12.2 Å². The summed E-state index contributed by atoms with van der Waals surface area (Å²) < 4.78 is 0.641. The van der Waals surface area contributed by atoms with Gasteiger partial charge >= 0.3 is 5.97 Å². The van der Waals surface area contributed by atoms with E-state index in [-0.39, 0.29) is 17.0 Å². The summed E-state index contributed by atoms with van der Waals surface area (Å²) in [6.07, 6.45) is 0.0322. The molecule has 0 aromatic carbocycles. The minimum Gasteiger partial charge on any atom is -0.477 e. The second-order valence-corrected chi connectivity index (χ2v) is 6.91. The average Bonchev–Trinajstić information content (AvgIpc) is 2.64. The van der Waals surface area contributed by atoms with Crippen LogP contribution < -0.4 is 5.73 Å². The number of fused-ring (bicyclic) bond motifs is 1. The molecule has 1 amide bonds. The van der Waals surface area contributed by atoms with Gasteiger partial charge < -0.3 is 15.9 Å². The highest BCUT2D eigenvalue weighted by Gasteiger charge is 2.57. The van der Waals surface area contributed by atoms with E-state index in [2.05, 4.69) is 0 Å². The first kappa shape index (κ1) is 14.7. The molecular formula is C11H16N2O4S2. The zero-order valence-corrected chi connectivity index (χ0v) is 12.0. The van der Waals surface area contributed by atoms with Crippen molar-refractivity contribution < 1.29 is 19.8 Å². The Morgan fingerprint density at radius 1 is 1.63 bits per heavy atom. The molecule has 19 heavy (non-hydrogen) atoms. The molecule has 4 N–H and O–H groups in total. The maximum Gasteiger partial charge on any atom is 0.354 e. The summed E-state index contributed by atoms with van der Waals surface area (Å²) in [6.45, 7) is 2.11. The molecule has 2 aliphatic rings. The first-order valence-corrected chi connectivity index (χ1v) is 7.83. The lowest BCUT2D eigenvalue weighted by Crippen LogP contribution is -2.60. The van der Waals surface area contributed by atoms with Crippen molar-refractivity contribution in [3.05, 3.63) is 9.93 Å². The molecule has 8 heteroatoms. The standard InChI is InChI=1S/C11H16N2O4S2/c1-5(14)6-8(15)13-7(10(16)17)11(19-9(6)13)18-4-2-3-12/h5-6,9,14H,2-4,12H2,1H3,(H,16,17)/t5-,6-,9-/m1/s1. The molecule has 6 nitrogen and oxygen atoms in total. The van der Waals surface area contributed by atoms with Gasteiger partial charge in [0.2, 0.25) is 5.91 Å². The van der Waals surface area contributed by atoms with Crippen LogP contribution in [0.3, 0.4) is 0 Å². The molecule has 2 aliphatic heterocycles. The Hall–Kier alpha value is -0.700. The van der Waals surface area contributed by atoms with Crippen molar-refractivity contribution in [1.29, 1.82) is 0 Å². The SMILES string of the molecule is C[C@@H](O)[C@@H]1C(=O)N2C(C(=O)O)=C(SCCCN)S[C@H]12. The zero-order chi connectivity index (χ0) is 14.2. The quantitative estimate of drug-likeness (QED) is 0.477. The number of aliphatic hydroxyl groups is 1. The smallest absolute Gasteiger partial charge is 0.354 e. The van der Waals surface area contributed by atoms with Crippen LogP contribution in [0.5, 0.6) is 0 Å². The van der Waals surface area contributed by atoms with Crippen molar-refractivity contribution in [3.8, 4) is 0 Å². The number of aliphatic carboxylic acids is 1. The van der Waals surface area contributed by atoms with Crippen LogP contribution in [0.1, 0.15) is 13.3 Å². The Morgan fingerprint density at radius 3 is 2.84 bits per heavy atom. The molecule has 0 bridgehead atoms. The largest absolute Gasteiger partial charge is 0.477 e. The van der Waals surface area contributed by atoms with Crippen LogP contribution >= 0.6 is 23.5 Å². The van der Waals surface area contributed by atoms with Gasteiger partial charge in [0, 0.05) is 0 Å². The number of carboxylic acids is 1. The van der Waals surface area contributed by atoms with Gasteiger partial charge in [-0.25, -0.2) is 4.79 Å². The van der Waals surface area contributed by atoms with Crippen LogP contribution in [0.15, 0.2) is 9.93 Å². The number of carbonyl (C=O) groups excluding carboxylic acids is 1. The highest BCUT2D eigenvalue weighted by molar-refractivity contribution is 8.22. The van der Waals surface area contributed by atoms with Gasteiger partial charge in [0.05, 0.1) is 16.3 Å². The first-order chi connectivity index (χ1) is 8.99. The Labute approximate surface area is 119 Å². The lowest BCUT2D eigenvalue weighted by atomic mass is 9.92. The molecule has 2 rings (SSSR count). The molecule has 3 atom stereocenters. The molecule has 1 saturated heterocycles. The highest BCUT2D eigenvalue weighted by Crippen LogP contribution is 2.53. The van der Waals surface area contributed by atoms with Crippen LogP contribution in [0.4, 0.5) is 0 Å². The molecule has 0 aliphatic carbocycles. The van der Waals surface area contributed by atoms with Crippen LogP contribution in [-0.4, -0.2) is 50.8 Å². The van der Waals surface area contributed by atoms with Gasteiger partial charge in [-0.15, -0.1) is 11.8 Å². The third-order valence-electron chi connectivity index (χ3n) is 3.05. The third kappa shape index (κ3) is 2.49. The van der Waals surface area contributed by atoms with E-state index in [0.29, 0.717) is 10.8 Å². The van der Waals surface area contributed by atoms with Crippen LogP contribution in [0.25, 0.3) is 0 Å². The number of rotatable bonds is 6. The van der Waals surface area contributed by atoms with Crippen LogP contribution in [0.2, 0.25) is 0 Å². The van der Waals surface area contributed by atoms with E-state index in [4.69, 9.17) is 5.73 Å². The first-order valence-electron chi connectivity index (χ1n) is 5.97. The number of β-lactam (4-membered cyclic amide) rings is 1. The van der Waals surface area contributed by atoms with Gasteiger partial charge in [0.1, 0.15) is 5.37 Å². The molecule has 106 valence electrons. The van der Waals surface area contributed by atoms with Crippen molar-refractivity contribution in [1.82, 2.24) is 4.90 Å². The minimum atomic E-state index is -1.09. The molecule has 0 unspecified atom stereocenters. The number of hydrogen-bond donors (Lipinski definition) is 3. The molecule has 1 fully saturated rings. The second kappa shape index (κ2) is 5.74. The number of hydrogen-bond acceptors (Lipinski definition) is 6. The summed E-state index contributed by atoms with van der Waals surface area (Å²) in [5.41, 5.74) is 5.46. The molecule has 2 heterocycles. The molecule has 0 spiro atoms. The highest BCUT2D eigenvalue weighted by atomic mass is 32.2. The summed E-state index contributed by atoms with van der Waals surface area (Å²) in [6, 6.07) is 0. The van der Waals surface area contributed by atoms with Gasteiger partial charge in [-0.05, 0) is 25.6 Å². The van der Waals surface area contributed by atoms with E-state index < -0.39 is 18.0 Å². The Balaban J connectivity index is 2.14. The summed E-state index contributed by atoms with van der Waals surface area (Å²) in [5, 5.41) is 18.5. The molecule has 0 aromatic rings. The third-order valence-corrected chi connectivity index (χ3v) is 5.79. The van der Waals surface area contributed by atoms with E-state index in [9.17, 15) is 19.8 Å². The van der Waals surface area contributed by atoms with Crippen molar-refractivity contribution in [2.75, 3.05) is 12.3 Å². The van der Waals surface area contributed by atoms with Crippen molar-refractivity contribution in [2.45, 2.75) is 24.8 Å². The fourth-order valence-corrected chi connectivity index (χ4v) is 5.06. The number of carboxylic acid groups (broad SMARTS) is 1. The molecule has 0 aromatic heterocycles. The van der Waals surface area contributed by atoms with Gasteiger partial charge in [-0.2, -0.15) is 0 Å². The van der Waals surface area contributed by atoms with Crippen molar-refractivity contribution in [3.63, 3.8) is 0 Å². The number of aliphatic hydroxyl groups excluding tert-OH is 1. The lowest BCUT2D eigenvalue weighted by Gasteiger charge is -2.43. The lowest BCUT2D eigenvalue weighted by molar-refractivity contribution is -0.156. The number of carbonyl (C=O) groups is 2. The summed E-state index contributed by atoms with van der Waals surface area (Å²) >= 11 is 2.77. The van der Waals surface area contributed by atoms with Gasteiger partial charge in [-0.3, -0.25) is 9.69 Å². The fraction of sp³-hybridized carbons (Fsp3) is 0.636. The number of nitrogens with zero attached hydrogens (tertiary/aromatic N) is 1. The monoisotopic (exact) mass is 304 g/mol. The Bertz CT molecular complexity index is 438. The summed E-state index contributed by atoms with van der Waals surface area (Å²) in [7, 11) is 0. The Morgan fingerprint density at radius 2 is 2.32 bits per heavy atom. The van der Waals surface area contributed by atoms with E-state index in [1.165, 1.54) is 28.4 Å². The maximum absolute atomic E-state index is 11.9. The second-order valence-electron chi connectivity index (χ2n) is 4.41. The fourth-order valence-electron chi connectivity index (χ4n) is 2.10. The van der Waals surface area contributed by atoms with Crippen molar-refractivity contribution in [2.24, 2.45) is 11.7 Å². The number of amides is 1. The molecular weight excluding hydrogens is 288 g/mol. The van der Waals surface area contributed by atoms with Crippen molar-refractivity contribution >= 4 is 35.4 Å². The topological polar surface area (TPSA) is 104 Å². The van der Waals surface area contributed by atoms with E-state index in [1.807, 2.05) is 0 Å². The normalized spacial score (nSPS) is 27.3. The summed E-state index contributed by atoms with van der Waals surface area (Å²) in [4.78, 5) is 24.5.